The van der Waals surface area contributed by atoms with E-state index in [1.165, 1.54) is 18.0 Å². The highest BCUT2D eigenvalue weighted by molar-refractivity contribution is 6.00. The second-order valence-electron chi connectivity index (χ2n) is 7.74. The van der Waals surface area contributed by atoms with E-state index in [0.29, 0.717) is 5.56 Å². The molecule has 5 nitrogen and oxygen atoms in total. The smallest absolute Gasteiger partial charge is 0.418 e. The lowest BCUT2D eigenvalue weighted by atomic mass is 9.82. The molecule has 0 bridgehead atoms. The number of ether oxygens (including phenoxy) is 1. The number of benzene rings is 1. The molecule has 1 saturated heterocycles. The number of carbonyl (C=O) groups is 2. The molecule has 3 rings (SSSR count). The fourth-order valence-corrected chi connectivity index (χ4v) is 3.67. The van der Waals surface area contributed by atoms with Gasteiger partial charge in [-0.15, -0.1) is 0 Å². The van der Waals surface area contributed by atoms with Crippen molar-refractivity contribution in [2.45, 2.75) is 38.5 Å². The SMILES string of the molecule is CN1C(=O)C2CN(C(=O)OC(C)(C)C)CC2c2cccc(C(F)(F)F)c21. The van der Waals surface area contributed by atoms with E-state index in [-0.39, 0.29) is 18.8 Å². The van der Waals surface area contributed by atoms with Crippen LogP contribution in [0.5, 0.6) is 0 Å². The van der Waals surface area contributed by atoms with Gasteiger partial charge in [-0.2, -0.15) is 13.2 Å². The largest absolute Gasteiger partial charge is 0.444 e. The van der Waals surface area contributed by atoms with E-state index in [0.717, 1.165) is 11.0 Å². The molecular formula is C18H21F3N2O3. The van der Waals surface area contributed by atoms with Gasteiger partial charge in [0.2, 0.25) is 5.91 Å². The quantitative estimate of drug-likeness (QED) is 0.701. The molecule has 0 N–H and O–H groups in total. The summed E-state index contributed by atoms with van der Waals surface area (Å²) in [6, 6.07) is 3.92. The molecule has 2 aliphatic rings. The molecule has 0 saturated carbocycles. The molecule has 2 unspecified atom stereocenters. The number of fused-ring (bicyclic) bond motifs is 3. The minimum Gasteiger partial charge on any atom is -0.444 e. The zero-order valence-corrected chi connectivity index (χ0v) is 15.1. The average Bonchev–Trinajstić information content (AvgIpc) is 2.95. The Morgan fingerprint density at radius 2 is 1.77 bits per heavy atom. The van der Waals surface area contributed by atoms with Crippen molar-refractivity contribution in [2.24, 2.45) is 5.92 Å². The van der Waals surface area contributed by atoms with Crippen molar-refractivity contribution < 1.29 is 27.5 Å². The van der Waals surface area contributed by atoms with Crippen LogP contribution in [0, 0.1) is 5.92 Å². The normalized spacial score (nSPS) is 23.0. The van der Waals surface area contributed by atoms with Gasteiger partial charge in [0, 0.05) is 26.1 Å². The van der Waals surface area contributed by atoms with Gasteiger partial charge in [0.1, 0.15) is 5.60 Å². The van der Waals surface area contributed by atoms with Crippen LogP contribution in [0.1, 0.15) is 37.8 Å². The highest BCUT2D eigenvalue weighted by atomic mass is 19.4. The van der Waals surface area contributed by atoms with E-state index in [1.54, 1.807) is 26.8 Å². The third-order valence-electron chi connectivity index (χ3n) is 4.73. The number of rotatable bonds is 0. The second kappa shape index (κ2) is 5.89. The van der Waals surface area contributed by atoms with Crippen LogP contribution < -0.4 is 4.90 Å². The molecule has 2 atom stereocenters. The van der Waals surface area contributed by atoms with E-state index in [4.69, 9.17) is 4.74 Å². The predicted octanol–water partition coefficient (Wildman–Crippen LogP) is 3.63. The molecule has 142 valence electrons. The van der Waals surface area contributed by atoms with Crippen molar-refractivity contribution >= 4 is 17.7 Å². The van der Waals surface area contributed by atoms with Gasteiger partial charge in [-0.25, -0.2) is 4.79 Å². The molecule has 26 heavy (non-hydrogen) atoms. The third-order valence-corrected chi connectivity index (χ3v) is 4.73. The summed E-state index contributed by atoms with van der Waals surface area (Å²) in [5, 5.41) is 0. The molecule has 1 aromatic rings. The van der Waals surface area contributed by atoms with Crippen LogP contribution in [-0.2, 0) is 15.7 Å². The number of carbonyl (C=O) groups excluding carboxylic acids is 2. The lowest BCUT2D eigenvalue weighted by molar-refractivity contribution is -0.137. The molecule has 2 amide bonds. The van der Waals surface area contributed by atoms with Crippen molar-refractivity contribution in [3.8, 4) is 0 Å². The molecule has 0 spiro atoms. The van der Waals surface area contributed by atoms with Gasteiger partial charge in [-0.1, -0.05) is 12.1 Å². The molecular weight excluding hydrogens is 349 g/mol. The first-order valence-corrected chi connectivity index (χ1v) is 8.36. The van der Waals surface area contributed by atoms with Crippen molar-refractivity contribution in [1.82, 2.24) is 4.90 Å². The van der Waals surface area contributed by atoms with E-state index >= 15 is 0 Å². The number of nitrogens with zero attached hydrogens (tertiary/aromatic N) is 2. The first-order valence-electron chi connectivity index (χ1n) is 8.36. The molecule has 2 aliphatic heterocycles. The molecule has 0 aliphatic carbocycles. The van der Waals surface area contributed by atoms with Crippen LogP contribution in [0.25, 0.3) is 0 Å². The summed E-state index contributed by atoms with van der Waals surface area (Å²) in [7, 11) is 1.35. The average molecular weight is 370 g/mol. The van der Waals surface area contributed by atoms with E-state index in [1.807, 2.05) is 0 Å². The van der Waals surface area contributed by atoms with Gasteiger partial charge in [-0.05, 0) is 32.4 Å². The van der Waals surface area contributed by atoms with Gasteiger partial charge < -0.3 is 14.5 Å². The number of hydrogen-bond donors (Lipinski definition) is 0. The molecule has 8 heteroatoms. The van der Waals surface area contributed by atoms with Gasteiger partial charge >= 0.3 is 12.3 Å². The second-order valence-corrected chi connectivity index (χ2v) is 7.74. The Morgan fingerprint density at radius 3 is 2.35 bits per heavy atom. The standard InChI is InChI=1S/C18H21F3N2O3/c1-17(2,3)26-16(25)23-8-11-10-6-5-7-13(18(19,20)21)14(10)22(4)15(24)12(11)9-23/h5-7,11-12H,8-9H2,1-4H3. The van der Waals surface area contributed by atoms with Gasteiger partial charge in [0.15, 0.2) is 0 Å². The number of alkyl halides is 3. The van der Waals surface area contributed by atoms with Crippen molar-refractivity contribution in [1.29, 1.82) is 0 Å². The minimum atomic E-state index is -4.56. The first-order chi connectivity index (χ1) is 11.9. The molecule has 2 heterocycles. The van der Waals surface area contributed by atoms with Crippen molar-refractivity contribution in [3.63, 3.8) is 0 Å². The molecule has 1 fully saturated rings. The Balaban J connectivity index is 1.98. The number of anilines is 1. The Bertz CT molecular complexity index is 755. The maximum atomic E-state index is 13.4. The lowest BCUT2D eigenvalue weighted by Gasteiger charge is -2.35. The Hall–Kier alpha value is -2.25. The highest BCUT2D eigenvalue weighted by Crippen LogP contribution is 2.48. The number of hydrogen-bond acceptors (Lipinski definition) is 3. The van der Waals surface area contributed by atoms with Crippen LogP contribution in [0.3, 0.4) is 0 Å². The van der Waals surface area contributed by atoms with E-state index < -0.39 is 41.2 Å². The van der Waals surface area contributed by atoms with Gasteiger partial charge in [-0.3, -0.25) is 4.79 Å². The Kier molecular flexibility index (Phi) is 4.20. The van der Waals surface area contributed by atoms with Crippen LogP contribution in [0.15, 0.2) is 18.2 Å². The molecule has 0 radical (unpaired) electrons. The lowest BCUT2D eigenvalue weighted by Crippen LogP contribution is -2.42. The van der Waals surface area contributed by atoms with Crippen LogP contribution in [-0.4, -0.2) is 42.6 Å². The Morgan fingerprint density at radius 1 is 1.15 bits per heavy atom. The first kappa shape index (κ1) is 18.5. The summed E-state index contributed by atoms with van der Waals surface area (Å²) in [5.41, 5.74) is -1.19. The Labute approximate surface area is 149 Å². The van der Waals surface area contributed by atoms with E-state index in [9.17, 15) is 22.8 Å². The zero-order valence-electron chi connectivity index (χ0n) is 15.1. The minimum absolute atomic E-state index is 0.114. The highest BCUT2D eigenvalue weighted by Gasteiger charge is 2.49. The number of halogens is 3. The van der Waals surface area contributed by atoms with Crippen molar-refractivity contribution in [3.05, 3.63) is 29.3 Å². The van der Waals surface area contributed by atoms with E-state index in [2.05, 4.69) is 0 Å². The summed E-state index contributed by atoms with van der Waals surface area (Å²) in [4.78, 5) is 27.5. The number of likely N-dealkylation sites (tertiary alicyclic amines) is 1. The van der Waals surface area contributed by atoms with Crippen LogP contribution >= 0.6 is 0 Å². The summed E-state index contributed by atoms with van der Waals surface area (Å²) in [5.74, 6) is -1.45. The molecule has 0 aromatic heterocycles. The summed E-state index contributed by atoms with van der Waals surface area (Å²) >= 11 is 0. The van der Waals surface area contributed by atoms with Crippen LogP contribution in [0.2, 0.25) is 0 Å². The summed E-state index contributed by atoms with van der Waals surface area (Å²) < 4.78 is 45.5. The summed E-state index contributed by atoms with van der Waals surface area (Å²) in [6.45, 7) is 5.50. The fourth-order valence-electron chi connectivity index (χ4n) is 3.67. The van der Waals surface area contributed by atoms with Gasteiger partial charge in [0.25, 0.3) is 0 Å². The fraction of sp³-hybridized carbons (Fsp3) is 0.556. The number of para-hydroxylation sites is 1. The topological polar surface area (TPSA) is 49.9 Å². The molecule has 1 aromatic carbocycles. The third kappa shape index (κ3) is 3.12. The number of amides is 2. The maximum absolute atomic E-state index is 13.4. The van der Waals surface area contributed by atoms with Crippen molar-refractivity contribution in [2.75, 3.05) is 25.0 Å². The summed E-state index contributed by atoms with van der Waals surface area (Å²) in [6.07, 6.45) is -5.12. The van der Waals surface area contributed by atoms with Gasteiger partial charge in [0.05, 0.1) is 17.2 Å². The maximum Gasteiger partial charge on any atom is 0.418 e. The monoisotopic (exact) mass is 370 g/mol. The van der Waals surface area contributed by atoms with Crippen LogP contribution in [0.4, 0.5) is 23.7 Å². The zero-order chi connectivity index (χ0) is 19.4. The predicted molar refractivity (Wildman–Crippen MR) is 88.9 cm³/mol.